The Morgan fingerprint density at radius 3 is 2.81 bits per heavy atom. The summed E-state index contributed by atoms with van der Waals surface area (Å²) in [5, 5.41) is 2.88. The second-order valence-corrected chi connectivity index (χ2v) is 5.63. The van der Waals surface area contributed by atoms with E-state index in [2.05, 4.69) is 12.2 Å². The van der Waals surface area contributed by atoms with E-state index in [0.29, 0.717) is 36.5 Å². The van der Waals surface area contributed by atoms with Crippen molar-refractivity contribution in [1.29, 1.82) is 0 Å². The van der Waals surface area contributed by atoms with Crippen LogP contribution in [0.1, 0.15) is 43.0 Å². The van der Waals surface area contributed by atoms with Gasteiger partial charge < -0.3 is 14.8 Å². The largest absolute Gasteiger partial charge is 0.496 e. The lowest BCUT2D eigenvalue weighted by Crippen LogP contribution is -2.32. The predicted octanol–water partition coefficient (Wildman–Crippen LogP) is 3.02. The van der Waals surface area contributed by atoms with Gasteiger partial charge in [0.25, 0.3) is 5.91 Å². The first-order chi connectivity index (χ1) is 10.2. The summed E-state index contributed by atoms with van der Waals surface area (Å²) in [6.45, 7) is 3.34. The molecule has 0 radical (unpaired) electrons. The molecule has 0 aliphatic heterocycles. The van der Waals surface area contributed by atoms with Crippen molar-refractivity contribution in [3.05, 3.63) is 29.8 Å². The predicted molar refractivity (Wildman–Crippen MR) is 82.7 cm³/mol. The zero-order chi connectivity index (χ0) is 15.1. The highest BCUT2D eigenvalue weighted by Crippen LogP contribution is 2.26. The van der Waals surface area contributed by atoms with E-state index in [1.54, 1.807) is 19.2 Å². The van der Waals surface area contributed by atoms with Crippen LogP contribution in [0.2, 0.25) is 0 Å². The van der Waals surface area contributed by atoms with E-state index in [9.17, 15) is 4.79 Å². The summed E-state index contributed by atoms with van der Waals surface area (Å²) in [6, 6.07) is 7.23. The lowest BCUT2D eigenvalue weighted by molar-refractivity contribution is -0.00294. The normalized spacial score (nSPS) is 21.8. The SMILES string of the molecule is COc1ccccc1C(=O)NCCO[C@H]1CCCC[C@H]1C. The summed E-state index contributed by atoms with van der Waals surface area (Å²) in [4.78, 5) is 12.1. The molecule has 0 aromatic heterocycles. The lowest BCUT2D eigenvalue weighted by atomic mass is 9.88. The first kappa shape index (κ1) is 15.8. The molecule has 1 aromatic carbocycles. The van der Waals surface area contributed by atoms with Crippen LogP contribution in [0.4, 0.5) is 0 Å². The van der Waals surface area contributed by atoms with E-state index >= 15 is 0 Å². The van der Waals surface area contributed by atoms with E-state index in [-0.39, 0.29) is 5.91 Å². The van der Waals surface area contributed by atoms with Gasteiger partial charge in [0.1, 0.15) is 5.75 Å². The minimum absolute atomic E-state index is 0.118. The molecule has 1 aliphatic carbocycles. The third kappa shape index (κ3) is 4.46. The zero-order valence-electron chi connectivity index (χ0n) is 12.9. The van der Waals surface area contributed by atoms with Gasteiger partial charge >= 0.3 is 0 Å². The van der Waals surface area contributed by atoms with Crippen LogP contribution in [0.15, 0.2) is 24.3 Å². The quantitative estimate of drug-likeness (QED) is 0.820. The summed E-state index contributed by atoms with van der Waals surface area (Å²) < 4.78 is 11.1. The van der Waals surface area contributed by atoms with Crippen molar-refractivity contribution in [1.82, 2.24) is 5.32 Å². The van der Waals surface area contributed by atoms with Crippen LogP contribution in [0.5, 0.6) is 5.75 Å². The van der Waals surface area contributed by atoms with E-state index in [4.69, 9.17) is 9.47 Å². The van der Waals surface area contributed by atoms with Crippen LogP contribution in [0.25, 0.3) is 0 Å². The molecule has 2 rings (SSSR count). The van der Waals surface area contributed by atoms with Crippen LogP contribution in [-0.2, 0) is 4.74 Å². The van der Waals surface area contributed by atoms with Gasteiger partial charge in [-0.2, -0.15) is 0 Å². The van der Waals surface area contributed by atoms with Gasteiger partial charge in [-0.15, -0.1) is 0 Å². The molecule has 0 unspecified atom stereocenters. The zero-order valence-corrected chi connectivity index (χ0v) is 12.9. The fourth-order valence-corrected chi connectivity index (χ4v) is 2.83. The maximum atomic E-state index is 12.1. The first-order valence-electron chi connectivity index (χ1n) is 7.75. The standard InChI is InChI=1S/C17H25NO3/c1-13-7-3-5-9-15(13)21-12-11-18-17(19)14-8-4-6-10-16(14)20-2/h4,6,8,10,13,15H,3,5,7,9,11-12H2,1-2H3,(H,18,19)/t13-,15+/m1/s1. The first-order valence-corrected chi connectivity index (χ1v) is 7.75. The van der Waals surface area contributed by atoms with Gasteiger partial charge in [-0.25, -0.2) is 0 Å². The summed E-state index contributed by atoms with van der Waals surface area (Å²) >= 11 is 0. The summed E-state index contributed by atoms with van der Waals surface area (Å²) in [7, 11) is 1.57. The van der Waals surface area contributed by atoms with Crippen LogP contribution < -0.4 is 10.1 Å². The van der Waals surface area contributed by atoms with E-state index in [1.165, 1.54) is 19.3 Å². The van der Waals surface area contributed by atoms with Gasteiger partial charge in [0, 0.05) is 6.54 Å². The topological polar surface area (TPSA) is 47.6 Å². The van der Waals surface area contributed by atoms with Crippen LogP contribution in [0, 0.1) is 5.92 Å². The lowest BCUT2D eigenvalue weighted by Gasteiger charge is -2.28. The summed E-state index contributed by atoms with van der Waals surface area (Å²) in [5.74, 6) is 1.10. The Bertz CT molecular complexity index is 461. The average Bonchev–Trinajstić information content (AvgIpc) is 2.52. The van der Waals surface area contributed by atoms with Gasteiger partial charge in [-0.1, -0.05) is 31.9 Å². The third-order valence-corrected chi connectivity index (χ3v) is 4.10. The van der Waals surface area contributed by atoms with Crippen LogP contribution >= 0.6 is 0 Å². The van der Waals surface area contributed by atoms with Crippen molar-refractivity contribution in [3.63, 3.8) is 0 Å². The van der Waals surface area contributed by atoms with E-state index < -0.39 is 0 Å². The summed E-state index contributed by atoms with van der Waals surface area (Å²) in [6.07, 6.45) is 5.30. The minimum atomic E-state index is -0.118. The van der Waals surface area contributed by atoms with Gasteiger partial charge in [0.05, 0.1) is 25.4 Å². The summed E-state index contributed by atoms with van der Waals surface area (Å²) in [5.41, 5.74) is 0.561. The van der Waals surface area contributed by atoms with Crippen LogP contribution in [-0.4, -0.2) is 32.3 Å². The van der Waals surface area contributed by atoms with E-state index in [0.717, 1.165) is 6.42 Å². The van der Waals surface area contributed by atoms with Gasteiger partial charge in [-0.05, 0) is 30.9 Å². The number of para-hydroxylation sites is 1. The molecule has 1 aromatic rings. The molecular formula is C17H25NO3. The van der Waals surface area contributed by atoms with Crippen LogP contribution in [0.3, 0.4) is 0 Å². The Morgan fingerprint density at radius 1 is 1.29 bits per heavy atom. The number of carbonyl (C=O) groups excluding carboxylic acids is 1. The molecule has 0 heterocycles. The molecule has 1 amide bonds. The van der Waals surface area contributed by atoms with Crippen molar-refractivity contribution in [2.45, 2.75) is 38.7 Å². The molecule has 1 saturated carbocycles. The monoisotopic (exact) mass is 291 g/mol. The third-order valence-electron chi connectivity index (χ3n) is 4.10. The molecule has 4 heteroatoms. The number of amides is 1. The number of nitrogens with one attached hydrogen (secondary N) is 1. The Morgan fingerprint density at radius 2 is 2.05 bits per heavy atom. The molecule has 0 saturated heterocycles. The highest BCUT2D eigenvalue weighted by atomic mass is 16.5. The molecule has 0 bridgehead atoms. The van der Waals surface area contributed by atoms with Gasteiger partial charge in [-0.3, -0.25) is 4.79 Å². The number of rotatable bonds is 6. The van der Waals surface area contributed by atoms with Crippen molar-refractivity contribution >= 4 is 5.91 Å². The molecule has 1 fully saturated rings. The fourth-order valence-electron chi connectivity index (χ4n) is 2.83. The van der Waals surface area contributed by atoms with Gasteiger partial charge in [0.2, 0.25) is 0 Å². The molecule has 21 heavy (non-hydrogen) atoms. The maximum absolute atomic E-state index is 12.1. The highest BCUT2D eigenvalue weighted by molar-refractivity contribution is 5.96. The Kier molecular flexibility index (Phi) is 6.05. The molecule has 116 valence electrons. The Balaban J connectivity index is 1.74. The van der Waals surface area contributed by atoms with Crippen molar-refractivity contribution < 1.29 is 14.3 Å². The molecule has 1 N–H and O–H groups in total. The van der Waals surface area contributed by atoms with Crippen molar-refractivity contribution in [2.24, 2.45) is 5.92 Å². The van der Waals surface area contributed by atoms with E-state index in [1.807, 2.05) is 12.1 Å². The highest BCUT2D eigenvalue weighted by Gasteiger charge is 2.21. The molecule has 4 nitrogen and oxygen atoms in total. The average molecular weight is 291 g/mol. The number of hydrogen-bond acceptors (Lipinski definition) is 3. The molecule has 1 aliphatic rings. The second-order valence-electron chi connectivity index (χ2n) is 5.63. The van der Waals surface area contributed by atoms with Gasteiger partial charge in [0.15, 0.2) is 0 Å². The van der Waals surface area contributed by atoms with Crippen molar-refractivity contribution in [3.8, 4) is 5.75 Å². The maximum Gasteiger partial charge on any atom is 0.255 e. The Labute approximate surface area is 126 Å². The molecule has 2 atom stereocenters. The number of carbonyl (C=O) groups is 1. The molecular weight excluding hydrogens is 266 g/mol. The second kappa shape index (κ2) is 8.03. The Hall–Kier alpha value is -1.55. The smallest absolute Gasteiger partial charge is 0.255 e. The number of hydrogen-bond donors (Lipinski definition) is 1. The number of ether oxygens (including phenoxy) is 2. The minimum Gasteiger partial charge on any atom is -0.496 e. The number of methoxy groups -OCH3 is 1. The molecule has 0 spiro atoms. The fraction of sp³-hybridized carbons (Fsp3) is 0.588. The van der Waals surface area contributed by atoms with Crippen molar-refractivity contribution in [2.75, 3.05) is 20.3 Å². The number of benzene rings is 1.